The van der Waals surface area contributed by atoms with Gasteiger partial charge in [-0.05, 0) is 36.3 Å². The third-order valence-corrected chi connectivity index (χ3v) is 6.53. The van der Waals surface area contributed by atoms with E-state index in [-0.39, 0.29) is 12.5 Å². The Labute approximate surface area is 196 Å². The number of hydrogen-bond donors (Lipinski definition) is 2. The summed E-state index contributed by atoms with van der Waals surface area (Å²) in [6.07, 6.45) is 11.3. The van der Waals surface area contributed by atoms with Gasteiger partial charge in [-0.25, -0.2) is 9.97 Å². The molecule has 5 nitrogen and oxygen atoms in total. The standard InChI is InChI=1S/C28H33N3O2/c32-20-23-11-15-24(16-12-23)26-19-29-28(25(30-26)17-13-21-7-3-1-4-8-21)31-27(33)18-14-22-9-5-2-6-10-22/h2,5-6,9-12,15-16,19,21,32H,1,3-4,7-8,13-14,17-18,20H2,(H,29,31,33). The number of aromatic nitrogens is 2. The predicted molar refractivity (Wildman–Crippen MR) is 132 cm³/mol. The van der Waals surface area contributed by atoms with Gasteiger partial charge < -0.3 is 10.4 Å². The van der Waals surface area contributed by atoms with E-state index in [1.807, 2.05) is 54.6 Å². The van der Waals surface area contributed by atoms with Crippen LogP contribution >= 0.6 is 0 Å². The Morgan fingerprint density at radius 2 is 1.70 bits per heavy atom. The summed E-state index contributed by atoms with van der Waals surface area (Å²) >= 11 is 0. The highest BCUT2D eigenvalue weighted by molar-refractivity contribution is 5.90. The van der Waals surface area contributed by atoms with Gasteiger partial charge in [0.1, 0.15) is 0 Å². The SMILES string of the molecule is O=C(CCc1ccccc1)Nc1ncc(-c2ccc(CO)cc2)nc1CCC1CCCCC1. The molecule has 172 valence electrons. The molecule has 0 aliphatic heterocycles. The number of nitrogens with one attached hydrogen (secondary N) is 1. The molecule has 0 atom stereocenters. The molecule has 1 aliphatic carbocycles. The Balaban J connectivity index is 1.48. The third kappa shape index (κ3) is 6.72. The molecule has 3 aromatic rings. The van der Waals surface area contributed by atoms with E-state index in [9.17, 15) is 9.90 Å². The summed E-state index contributed by atoms with van der Waals surface area (Å²) in [7, 11) is 0. The zero-order valence-corrected chi connectivity index (χ0v) is 19.2. The fourth-order valence-corrected chi connectivity index (χ4v) is 4.54. The molecule has 1 aliphatic rings. The summed E-state index contributed by atoms with van der Waals surface area (Å²) < 4.78 is 0. The van der Waals surface area contributed by atoms with Gasteiger partial charge in [-0.1, -0.05) is 86.7 Å². The first-order valence-corrected chi connectivity index (χ1v) is 12.1. The van der Waals surface area contributed by atoms with Crippen molar-refractivity contribution in [3.63, 3.8) is 0 Å². The lowest BCUT2D eigenvalue weighted by molar-refractivity contribution is -0.116. The van der Waals surface area contributed by atoms with E-state index >= 15 is 0 Å². The fraction of sp³-hybridized carbons (Fsp3) is 0.393. The summed E-state index contributed by atoms with van der Waals surface area (Å²) in [6, 6.07) is 17.8. The molecule has 2 aromatic carbocycles. The second-order valence-electron chi connectivity index (χ2n) is 8.98. The van der Waals surface area contributed by atoms with Crippen LogP contribution in [0.3, 0.4) is 0 Å². The number of aryl methyl sites for hydroxylation is 2. The number of amides is 1. The molecule has 1 saturated carbocycles. The number of aliphatic hydroxyl groups is 1. The second kappa shape index (κ2) is 11.7. The first-order chi connectivity index (χ1) is 16.2. The summed E-state index contributed by atoms with van der Waals surface area (Å²) in [5.41, 5.74) is 4.63. The van der Waals surface area contributed by atoms with Gasteiger partial charge in [0.05, 0.1) is 24.2 Å². The Morgan fingerprint density at radius 3 is 2.42 bits per heavy atom. The van der Waals surface area contributed by atoms with Gasteiger partial charge in [0.25, 0.3) is 0 Å². The van der Waals surface area contributed by atoms with Gasteiger partial charge >= 0.3 is 0 Å². The molecule has 0 saturated heterocycles. The fourth-order valence-electron chi connectivity index (χ4n) is 4.54. The number of anilines is 1. The van der Waals surface area contributed by atoms with E-state index in [0.29, 0.717) is 18.7 Å². The lowest BCUT2D eigenvalue weighted by Crippen LogP contribution is -2.16. The van der Waals surface area contributed by atoms with E-state index < -0.39 is 0 Å². The van der Waals surface area contributed by atoms with E-state index in [0.717, 1.165) is 46.8 Å². The van der Waals surface area contributed by atoms with Gasteiger partial charge in [-0.3, -0.25) is 4.79 Å². The maximum absolute atomic E-state index is 12.7. The number of carbonyl (C=O) groups excluding carboxylic acids is 1. The third-order valence-electron chi connectivity index (χ3n) is 6.53. The van der Waals surface area contributed by atoms with Crippen LogP contribution in [0.2, 0.25) is 0 Å². The maximum Gasteiger partial charge on any atom is 0.225 e. The second-order valence-corrected chi connectivity index (χ2v) is 8.98. The topological polar surface area (TPSA) is 75.1 Å². The largest absolute Gasteiger partial charge is 0.392 e. The molecular formula is C28H33N3O2. The van der Waals surface area contributed by atoms with Crippen LogP contribution in [0.15, 0.2) is 60.8 Å². The molecule has 1 heterocycles. The van der Waals surface area contributed by atoms with Crippen LogP contribution in [-0.2, 0) is 24.2 Å². The van der Waals surface area contributed by atoms with Gasteiger partial charge in [0.2, 0.25) is 5.91 Å². The quantitative estimate of drug-likeness (QED) is 0.443. The molecule has 1 amide bonds. The molecule has 1 fully saturated rings. The number of nitrogens with zero attached hydrogens (tertiary/aromatic N) is 2. The van der Waals surface area contributed by atoms with Crippen molar-refractivity contribution in [2.45, 2.75) is 64.4 Å². The van der Waals surface area contributed by atoms with Gasteiger partial charge in [-0.2, -0.15) is 0 Å². The van der Waals surface area contributed by atoms with Crippen LogP contribution in [0, 0.1) is 5.92 Å². The number of benzene rings is 2. The first-order valence-electron chi connectivity index (χ1n) is 12.1. The zero-order valence-electron chi connectivity index (χ0n) is 19.2. The van der Waals surface area contributed by atoms with Crippen molar-refractivity contribution < 1.29 is 9.90 Å². The van der Waals surface area contributed by atoms with Crippen LogP contribution in [-0.4, -0.2) is 21.0 Å². The van der Waals surface area contributed by atoms with E-state index in [2.05, 4.69) is 10.3 Å². The van der Waals surface area contributed by atoms with Crippen molar-refractivity contribution in [2.24, 2.45) is 5.92 Å². The number of carbonyl (C=O) groups is 1. The first kappa shape index (κ1) is 23.1. The van der Waals surface area contributed by atoms with Gasteiger partial charge in [-0.15, -0.1) is 0 Å². The van der Waals surface area contributed by atoms with E-state index in [4.69, 9.17) is 4.98 Å². The minimum Gasteiger partial charge on any atom is -0.392 e. The average Bonchev–Trinajstić information content (AvgIpc) is 2.88. The smallest absolute Gasteiger partial charge is 0.225 e. The summed E-state index contributed by atoms with van der Waals surface area (Å²) in [5.74, 6) is 1.28. The van der Waals surface area contributed by atoms with Crippen LogP contribution < -0.4 is 5.32 Å². The molecule has 2 N–H and O–H groups in total. The van der Waals surface area contributed by atoms with Crippen LogP contribution in [0.5, 0.6) is 0 Å². The Morgan fingerprint density at radius 1 is 0.939 bits per heavy atom. The number of aliphatic hydroxyl groups excluding tert-OH is 1. The lowest BCUT2D eigenvalue weighted by atomic mass is 9.86. The molecule has 4 rings (SSSR count). The molecule has 0 radical (unpaired) electrons. The van der Waals surface area contributed by atoms with Crippen molar-refractivity contribution in [3.05, 3.63) is 77.6 Å². The van der Waals surface area contributed by atoms with Gasteiger partial charge in [0.15, 0.2) is 5.82 Å². The molecule has 5 heteroatoms. The summed E-state index contributed by atoms with van der Waals surface area (Å²) in [6.45, 7) is 0.0204. The molecule has 33 heavy (non-hydrogen) atoms. The highest BCUT2D eigenvalue weighted by Gasteiger charge is 2.17. The Bertz CT molecular complexity index is 1030. The highest BCUT2D eigenvalue weighted by Crippen LogP contribution is 2.29. The van der Waals surface area contributed by atoms with Crippen molar-refractivity contribution in [1.29, 1.82) is 0 Å². The van der Waals surface area contributed by atoms with Crippen molar-refractivity contribution in [2.75, 3.05) is 5.32 Å². The van der Waals surface area contributed by atoms with E-state index in [1.54, 1.807) is 6.20 Å². The van der Waals surface area contributed by atoms with Crippen LogP contribution in [0.4, 0.5) is 5.82 Å². The normalized spacial score (nSPS) is 14.2. The summed E-state index contributed by atoms with van der Waals surface area (Å²) in [4.78, 5) is 22.2. The zero-order chi connectivity index (χ0) is 22.9. The minimum absolute atomic E-state index is 0.0204. The Hall–Kier alpha value is -3.05. The van der Waals surface area contributed by atoms with E-state index in [1.165, 1.54) is 32.1 Å². The van der Waals surface area contributed by atoms with Crippen LogP contribution in [0.1, 0.15) is 61.8 Å². The molecule has 0 spiro atoms. The Kier molecular flexibility index (Phi) is 8.20. The monoisotopic (exact) mass is 443 g/mol. The molecule has 1 aromatic heterocycles. The average molecular weight is 444 g/mol. The van der Waals surface area contributed by atoms with Crippen molar-refractivity contribution in [3.8, 4) is 11.3 Å². The van der Waals surface area contributed by atoms with Gasteiger partial charge in [0, 0.05) is 12.0 Å². The van der Waals surface area contributed by atoms with Crippen molar-refractivity contribution in [1.82, 2.24) is 9.97 Å². The maximum atomic E-state index is 12.7. The van der Waals surface area contributed by atoms with Crippen LogP contribution in [0.25, 0.3) is 11.3 Å². The molecule has 0 unspecified atom stereocenters. The minimum atomic E-state index is -0.0351. The number of rotatable bonds is 9. The van der Waals surface area contributed by atoms with Crippen molar-refractivity contribution >= 4 is 11.7 Å². The molecular weight excluding hydrogens is 410 g/mol. The molecule has 0 bridgehead atoms. The highest BCUT2D eigenvalue weighted by atomic mass is 16.3. The summed E-state index contributed by atoms with van der Waals surface area (Å²) in [5, 5.41) is 12.3. The predicted octanol–water partition coefficient (Wildman–Crippen LogP) is 5.72. The number of hydrogen-bond acceptors (Lipinski definition) is 4. The lowest BCUT2D eigenvalue weighted by Gasteiger charge is -2.21.